The molecule has 0 amide bonds. The molecule has 48 heavy (non-hydrogen) atoms. The Balaban J connectivity index is 0.937. The van der Waals surface area contributed by atoms with Gasteiger partial charge in [0.25, 0.3) is 0 Å². The molecule has 6 saturated heterocycles. The van der Waals surface area contributed by atoms with Gasteiger partial charge >= 0.3 is 0 Å². The van der Waals surface area contributed by atoms with E-state index in [-0.39, 0.29) is 11.8 Å². The smallest absolute Gasteiger partial charge is 0.235 e. The largest absolute Gasteiger partial charge is 0.462 e. The average molecular weight is 659 g/mol. The molecule has 1 aromatic rings. The Morgan fingerprint density at radius 1 is 0.562 bits per heavy atom. The lowest BCUT2D eigenvalue weighted by atomic mass is 9.59. The van der Waals surface area contributed by atoms with Crippen LogP contribution in [0.3, 0.4) is 0 Å². The standard InChI is InChI=1S/C40H50O8/c1-23-7-15-31-25(3)33(41-35-39(31)29(23)19-21-37(5,43-35)45-47-39)17-13-27-9-11-28(12-10-27)14-18-34-26(4)32-16-8-24(2)30-20-22-38(6)44-36(42-34)40(30,32)48-46-38/h9-14,17-18,23-24,29-32,35-36H,7-8,15-16,19-22H2,1-6H3/b17-13-,18-14+/t23-,24-,29+,30+,31+,32+,35-,36-,37-,38-,39-,40-/m1/s1. The van der Waals surface area contributed by atoms with E-state index in [4.69, 9.17) is 38.5 Å². The zero-order valence-corrected chi connectivity index (χ0v) is 29.2. The van der Waals surface area contributed by atoms with Crippen LogP contribution in [0.2, 0.25) is 0 Å². The second-order valence-electron chi connectivity index (χ2n) is 16.4. The van der Waals surface area contributed by atoms with Gasteiger partial charge < -0.3 is 18.9 Å². The molecule has 4 bridgehead atoms. The van der Waals surface area contributed by atoms with Crippen molar-refractivity contribution in [1.82, 2.24) is 0 Å². The van der Waals surface area contributed by atoms with E-state index < -0.39 is 35.4 Å². The summed E-state index contributed by atoms with van der Waals surface area (Å²) in [6.45, 7) is 13.0. The van der Waals surface area contributed by atoms with Gasteiger partial charge in [0.1, 0.15) is 11.5 Å². The van der Waals surface area contributed by atoms with E-state index in [9.17, 15) is 0 Å². The van der Waals surface area contributed by atoms with Crippen molar-refractivity contribution in [3.63, 3.8) is 0 Å². The van der Waals surface area contributed by atoms with E-state index in [0.29, 0.717) is 23.7 Å². The first-order chi connectivity index (χ1) is 23.0. The third-order valence-corrected chi connectivity index (χ3v) is 13.5. The summed E-state index contributed by atoms with van der Waals surface area (Å²) in [5, 5.41) is 0. The number of hydrogen-bond acceptors (Lipinski definition) is 8. The highest BCUT2D eigenvalue weighted by molar-refractivity contribution is 5.59. The second kappa shape index (κ2) is 11.0. The lowest BCUT2D eigenvalue weighted by Gasteiger charge is -2.57. The number of hydrogen-bond donors (Lipinski definition) is 0. The Bertz CT molecular complexity index is 1480. The Kier molecular flexibility index (Phi) is 7.23. The quantitative estimate of drug-likeness (QED) is 0.298. The SMILES string of the molecule is CC1=C(/C=C\c2ccc(/C=C/C3=C(C)[C@@H]4CC[C@@H](C)[C@@H]5CC[C@@]6(C)OO[C@@]45[C@H](O3)O6)cc2)O[C@@H]2O[C@@]3(C)CC[C@H]4[C@H](C)CC[C@@H]1[C@@]24OO3. The van der Waals surface area contributed by atoms with E-state index in [1.54, 1.807) is 0 Å². The normalized spacial score (nSPS) is 47.8. The molecule has 12 atom stereocenters. The third kappa shape index (κ3) is 4.55. The molecular formula is C40H50O8. The van der Waals surface area contributed by atoms with Gasteiger partial charge in [0.2, 0.25) is 24.2 Å². The van der Waals surface area contributed by atoms with Crippen LogP contribution in [0.5, 0.6) is 0 Å². The summed E-state index contributed by atoms with van der Waals surface area (Å²) in [6.07, 6.45) is 15.6. The molecule has 8 heteroatoms. The van der Waals surface area contributed by atoms with Gasteiger partial charge in [-0.1, -0.05) is 50.3 Å². The lowest BCUT2D eigenvalue weighted by molar-refractivity contribution is -0.556. The maximum absolute atomic E-state index is 6.63. The fraction of sp³-hybridized carbons (Fsp3) is 0.650. The zero-order chi connectivity index (χ0) is 33.1. The van der Waals surface area contributed by atoms with Gasteiger partial charge in [-0.05, 0) is 112 Å². The molecule has 2 aliphatic carbocycles. The minimum Gasteiger partial charge on any atom is -0.462 e. The molecule has 8 heterocycles. The third-order valence-electron chi connectivity index (χ3n) is 13.5. The molecule has 0 unspecified atom stereocenters. The highest BCUT2D eigenvalue weighted by Gasteiger charge is 2.69. The summed E-state index contributed by atoms with van der Waals surface area (Å²) in [5.74, 6) is 2.35. The molecule has 10 aliphatic rings. The van der Waals surface area contributed by atoms with Crippen LogP contribution in [0.1, 0.15) is 104 Å². The van der Waals surface area contributed by atoms with E-state index in [0.717, 1.165) is 61.2 Å². The maximum atomic E-state index is 6.63. The van der Waals surface area contributed by atoms with Gasteiger partial charge in [-0.2, -0.15) is 0 Å². The van der Waals surface area contributed by atoms with E-state index in [1.165, 1.54) is 24.0 Å². The summed E-state index contributed by atoms with van der Waals surface area (Å²) >= 11 is 0. The van der Waals surface area contributed by atoms with Crippen LogP contribution in [0.4, 0.5) is 0 Å². The molecule has 0 N–H and O–H groups in total. The molecule has 0 radical (unpaired) electrons. The molecule has 2 spiro atoms. The van der Waals surface area contributed by atoms with Crippen LogP contribution in [-0.2, 0) is 38.5 Å². The van der Waals surface area contributed by atoms with Crippen molar-refractivity contribution in [2.45, 2.75) is 128 Å². The molecule has 0 aromatic heterocycles. The fourth-order valence-electron chi connectivity index (χ4n) is 10.7. The van der Waals surface area contributed by atoms with Gasteiger partial charge in [-0.15, -0.1) is 0 Å². The van der Waals surface area contributed by atoms with Crippen molar-refractivity contribution in [1.29, 1.82) is 0 Å². The van der Waals surface area contributed by atoms with Gasteiger partial charge in [0.05, 0.1) is 0 Å². The van der Waals surface area contributed by atoms with Crippen LogP contribution in [0.25, 0.3) is 12.2 Å². The summed E-state index contributed by atoms with van der Waals surface area (Å²) in [7, 11) is 0. The molecule has 258 valence electrons. The van der Waals surface area contributed by atoms with E-state index in [1.807, 2.05) is 13.8 Å². The zero-order valence-electron chi connectivity index (χ0n) is 29.2. The molecule has 1 aromatic carbocycles. The van der Waals surface area contributed by atoms with Crippen LogP contribution in [-0.4, -0.2) is 35.4 Å². The Morgan fingerprint density at radius 3 is 1.40 bits per heavy atom. The van der Waals surface area contributed by atoms with Gasteiger partial charge in [-0.3, -0.25) is 0 Å². The number of ether oxygens (including phenoxy) is 4. The molecule has 2 saturated carbocycles. The van der Waals surface area contributed by atoms with Gasteiger partial charge in [0.15, 0.2) is 11.2 Å². The number of allylic oxidation sites excluding steroid dienone is 2. The van der Waals surface area contributed by atoms with Crippen molar-refractivity contribution < 1.29 is 38.5 Å². The van der Waals surface area contributed by atoms with Gasteiger partial charge in [-0.25, -0.2) is 19.6 Å². The first-order valence-corrected chi connectivity index (χ1v) is 18.3. The lowest BCUT2D eigenvalue weighted by Crippen LogP contribution is -2.66. The number of rotatable bonds is 4. The minimum atomic E-state index is -0.778. The van der Waals surface area contributed by atoms with Crippen molar-refractivity contribution in [3.8, 4) is 0 Å². The highest BCUT2D eigenvalue weighted by Crippen LogP contribution is 2.62. The maximum Gasteiger partial charge on any atom is 0.235 e. The summed E-state index contributed by atoms with van der Waals surface area (Å²) < 4.78 is 26.3. The summed E-state index contributed by atoms with van der Waals surface area (Å²) in [4.78, 5) is 24.5. The van der Waals surface area contributed by atoms with Crippen molar-refractivity contribution >= 4 is 12.2 Å². The van der Waals surface area contributed by atoms with E-state index >= 15 is 0 Å². The molecule has 8 fully saturated rings. The predicted octanol–water partition coefficient (Wildman–Crippen LogP) is 8.75. The Morgan fingerprint density at radius 2 is 0.979 bits per heavy atom. The first-order valence-electron chi connectivity index (χ1n) is 18.3. The van der Waals surface area contributed by atoms with Crippen molar-refractivity contribution in [2.24, 2.45) is 35.5 Å². The van der Waals surface area contributed by atoms with Crippen molar-refractivity contribution in [3.05, 3.63) is 70.2 Å². The molecule has 8 aliphatic heterocycles. The highest BCUT2D eigenvalue weighted by atomic mass is 17.3. The van der Waals surface area contributed by atoms with Crippen molar-refractivity contribution in [2.75, 3.05) is 0 Å². The van der Waals surface area contributed by atoms with Crippen LogP contribution < -0.4 is 0 Å². The van der Waals surface area contributed by atoms with Crippen LogP contribution >= 0.6 is 0 Å². The number of fused-ring (bicyclic) bond motifs is 4. The van der Waals surface area contributed by atoms with Gasteiger partial charge in [0, 0.05) is 36.5 Å². The Hall–Kier alpha value is -2.46. The van der Waals surface area contributed by atoms with Crippen LogP contribution in [0, 0.1) is 35.5 Å². The molecule has 11 rings (SSSR count). The molecule has 8 nitrogen and oxygen atoms in total. The fourth-order valence-corrected chi connectivity index (χ4v) is 10.7. The topological polar surface area (TPSA) is 73.8 Å². The van der Waals surface area contributed by atoms with Crippen LogP contribution in [0.15, 0.2) is 59.1 Å². The monoisotopic (exact) mass is 658 g/mol. The summed E-state index contributed by atoms with van der Waals surface area (Å²) in [6, 6.07) is 8.56. The summed E-state index contributed by atoms with van der Waals surface area (Å²) in [5.41, 5.74) is 3.45. The predicted molar refractivity (Wildman–Crippen MR) is 178 cm³/mol. The Labute approximate surface area is 284 Å². The minimum absolute atomic E-state index is 0.199. The first kappa shape index (κ1) is 31.5. The van der Waals surface area contributed by atoms with E-state index in [2.05, 4.69) is 76.3 Å². The average Bonchev–Trinajstić information content (AvgIpc) is 3.45. The second-order valence-corrected chi connectivity index (χ2v) is 16.4. The number of benzene rings is 1. The molecular weight excluding hydrogens is 608 g/mol.